The Bertz CT molecular complexity index is 99.8. The van der Waals surface area contributed by atoms with E-state index in [0.717, 1.165) is 13.2 Å². The lowest BCUT2D eigenvalue weighted by Gasteiger charge is -2.36. The average Bonchev–Trinajstić information content (AvgIpc) is 1.88. The summed E-state index contributed by atoms with van der Waals surface area (Å²) >= 11 is 1.82. The van der Waals surface area contributed by atoms with Crippen LogP contribution in [0.15, 0.2) is 0 Å². The van der Waals surface area contributed by atoms with Crippen LogP contribution in [0.2, 0.25) is 0 Å². The molecule has 2 nitrogen and oxygen atoms in total. The van der Waals surface area contributed by atoms with Crippen LogP contribution >= 0.6 is 11.9 Å². The Morgan fingerprint density at radius 3 is 2.10 bits per heavy atom. The van der Waals surface area contributed by atoms with E-state index >= 15 is 0 Å². The van der Waals surface area contributed by atoms with E-state index in [0.29, 0.717) is 12.1 Å². The quantitative estimate of drug-likeness (QED) is 0.539. The van der Waals surface area contributed by atoms with Crippen molar-refractivity contribution in [1.82, 2.24) is 4.31 Å². The molecule has 1 fully saturated rings. The molecular weight excluding hydrogens is 146 g/mol. The second kappa shape index (κ2) is 3.60. The maximum absolute atomic E-state index is 5.37. The van der Waals surface area contributed by atoms with Crippen molar-refractivity contribution >= 4 is 11.9 Å². The third-order valence-corrected chi connectivity index (χ3v) is 2.94. The van der Waals surface area contributed by atoms with Crippen LogP contribution < -0.4 is 0 Å². The highest BCUT2D eigenvalue weighted by atomic mass is 32.2. The van der Waals surface area contributed by atoms with Crippen LogP contribution in [-0.2, 0) is 4.74 Å². The van der Waals surface area contributed by atoms with Crippen LogP contribution in [-0.4, -0.2) is 35.9 Å². The Morgan fingerprint density at radius 1 is 1.30 bits per heavy atom. The highest BCUT2D eigenvalue weighted by molar-refractivity contribution is 7.96. The van der Waals surface area contributed by atoms with Crippen molar-refractivity contribution in [2.24, 2.45) is 0 Å². The molecule has 10 heavy (non-hydrogen) atoms. The second-order valence-corrected chi connectivity index (χ2v) is 3.56. The Labute approximate surface area is 67.1 Å². The van der Waals surface area contributed by atoms with Gasteiger partial charge in [-0.2, -0.15) is 0 Å². The monoisotopic (exact) mass is 161 g/mol. The topological polar surface area (TPSA) is 12.5 Å². The first kappa shape index (κ1) is 8.37. The molecule has 0 bridgehead atoms. The molecule has 0 amide bonds. The van der Waals surface area contributed by atoms with Gasteiger partial charge < -0.3 is 4.74 Å². The minimum Gasteiger partial charge on any atom is -0.378 e. The van der Waals surface area contributed by atoms with Crippen molar-refractivity contribution < 1.29 is 4.74 Å². The zero-order chi connectivity index (χ0) is 7.56. The van der Waals surface area contributed by atoms with E-state index in [1.807, 2.05) is 11.9 Å². The van der Waals surface area contributed by atoms with Crippen molar-refractivity contribution in [1.29, 1.82) is 0 Å². The van der Waals surface area contributed by atoms with Gasteiger partial charge in [-0.25, -0.2) is 4.31 Å². The first-order valence-corrected chi connectivity index (χ1v) is 4.84. The predicted octanol–water partition coefficient (Wildman–Crippen LogP) is 1.37. The molecule has 2 atom stereocenters. The summed E-state index contributed by atoms with van der Waals surface area (Å²) in [4.78, 5) is 0. The van der Waals surface area contributed by atoms with Crippen LogP contribution in [0.1, 0.15) is 13.8 Å². The minimum absolute atomic E-state index is 0.568. The first-order chi connectivity index (χ1) is 4.75. The smallest absolute Gasteiger partial charge is 0.0629 e. The molecule has 0 spiro atoms. The number of ether oxygens (including phenoxy) is 1. The van der Waals surface area contributed by atoms with Crippen LogP contribution in [0, 0.1) is 0 Å². The number of nitrogens with zero attached hydrogens (tertiary/aromatic N) is 1. The lowest BCUT2D eigenvalue weighted by molar-refractivity contribution is 0.0116. The van der Waals surface area contributed by atoms with Gasteiger partial charge in [0.1, 0.15) is 0 Å². The molecule has 0 aromatic carbocycles. The standard InChI is InChI=1S/C7H15NOS/c1-6-4-9-5-7(2)8(6)10-3/h6-7H,4-5H2,1-3H3. The molecule has 0 aromatic heterocycles. The molecule has 0 aliphatic carbocycles. The third-order valence-electron chi connectivity index (χ3n) is 1.80. The highest BCUT2D eigenvalue weighted by Crippen LogP contribution is 2.19. The van der Waals surface area contributed by atoms with Gasteiger partial charge in [0.25, 0.3) is 0 Å². The molecule has 60 valence electrons. The van der Waals surface area contributed by atoms with E-state index in [1.165, 1.54) is 0 Å². The molecule has 1 heterocycles. The van der Waals surface area contributed by atoms with Gasteiger partial charge in [0.15, 0.2) is 0 Å². The summed E-state index contributed by atoms with van der Waals surface area (Å²) < 4.78 is 7.76. The van der Waals surface area contributed by atoms with Gasteiger partial charge in [0.05, 0.1) is 13.2 Å². The van der Waals surface area contributed by atoms with Crippen LogP contribution in [0.25, 0.3) is 0 Å². The molecular formula is C7H15NOS. The largest absolute Gasteiger partial charge is 0.378 e. The number of morpholine rings is 1. The SMILES string of the molecule is CSN1C(C)COCC1C. The number of rotatable bonds is 1. The average molecular weight is 161 g/mol. The minimum atomic E-state index is 0.568. The van der Waals surface area contributed by atoms with E-state index < -0.39 is 0 Å². The summed E-state index contributed by atoms with van der Waals surface area (Å²) in [5, 5.41) is 0. The lowest BCUT2D eigenvalue weighted by atomic mass is 10.2. The normalized spacial score (nSPS) is 36.3. The van der Waals surface area contributed by atoms with Crippen molar-refractivity contribution in [3.8, 4) is 0 Å². The summed E-state index contributed by atoms with van der Waals surface area (Å²) in [6.07, 6.45) is 2.12. The summed E-state index contributed by atoms with van der Waals surface area (Å²) in [5.41, 5.74) is 0. The summed E-state index contributed by atoms with van der Waals surface area (Å²) in [6.45, 7) is 6.16. The zero-order valence-electron chi connectivity index (χ0n) is 6.83. The second-order valence-electron chi connectivity index (χ2n) is 2.78. The molecule has 3 heteroatoms. The molecule has 1 saturated heterocycles. The third kappa shape index (κ3) is 1.65. The number of hydrogen-bond donors (Lipinski definition) is 0. The fourth-order valence-electron chi connectivity index (χ4n) is 1.35. The van der Waals surface area contributed by atoms with Crippen molar-refractivity contribution in [3.05, 3.63) is 0 Å². The molecule has 1 rings (SSSR count). The van der Waals surface area contributed by atoms with Gasteiger partial charge in [0, 0.05) is 12.1 Å². The fourth-order valence-corrected chi connectivity index (χ4v) is 2.19. The van der Waals surface area contributed by atoms with Gasteiger partial charge in [-0.1, -0.05) is 11.9 Å². The number of hydrogen-bond acceptors (Lipinski definition) is 3. The van der Waals surface area contributed by atoms with Crippen molar-refractivity contribution in [2.75, 3.05) is 19.5 Å². The van der Waals surface area contributed by atoms with E-state index in [2.05, 4.69) is 24.4 Å². The maximum atomic E-state index is 5.37. The van der Waals surface area contributed by atoms with E-state index in [1.54, 1.807) is 0 Å². The molecule has 0 N–H and O–H groups in total. The Hall–Kier alpha value is 0.270. The Morgan fingerprint density at radius 2 is 1.80 bits per heavy atom. The van der Waals surface area contributed by atoms with Crippen molar-refractivity contribution in [3.63, 3.8) is 0 Å². The van der Waals surface area contributed by atoms with Gasteiger partial charge in [-0.3, -0.25) is 0 Å². The molecule has 0 aromatic rings. The first-order valence-electron chi connectivity index (χ1n) is 3.66. The van der Waals surface area contributed by atoms with Crippen molar-refractivity contribution in [2.45, 2.75) is 25.9 Å². The van der Waals surface area contributed by atoms with Gasteiger partial charge in [0.2, 0.25) is 0 Å². The Kier molecular flexibility index (Phi) is 3.01. The summed E-state index contributed by atoms with van der Waals surface area (Å²) in [7, 11) is 0. The predicted molar refractivity (Wildman–Crippen MR) is 45.1 cm³/mol. The van der Waals surface area contributed by atoms with Gasteiger partial charge >= 0.3 is 0 Å². The van der Waals surface area contributed by atoms with E-state index in [-0.39, 0.29) is 0 Å². The molecule has 0 radical (unpaired) electrons. The lowest BCUT2D eigenvalue weighted by Crippen LogP contribution is -2.45. The van der Waals surface area contributed by atoms with Gasteiger partial charge in [-0.15, -0.1) is 0 Å². The van der Waals surface area contributed by atoms with Crippen LogP contribution in [0.5, 0.6) is 0 Å². The Balaban J connectivity index is 2.45. The highest BCUT2D eigenvalue weighted by Gasteiger charge is 2.23. The summed E-state index contributed by atoms with van der Waals surface area (Å²) in [6, 6.07) is 1.14. The van der Waals surface area contributed by atoms with Crippen LogP contribution in [0.4, 0.5) is 0 Å². The fraction of sp³-hybridized carbons (Fsp3) is 1.00. The van der Waals surface area contributed by atoms with E-state index in [4.69, 9.17) is 4.74 Å². The molecule has 2 unspecified atom stereocenters. The molecule has 1 aliphatic heterocycles. The van der Waals surface area contributed by atoms with Gasteiger partial charge in [-0.05, 0) is 20.1 Å². The zero-order valence-corrected chi connectivity index (χ0v) is 7.65. The summed E-state index contributed by atoms with van der Waals surface area (Å²) in [5.74, 6) is 0. The molecule has 1 aliphatic rings. The van der Waals surface area contributed by atoms with Crippen LogP contribution in [0.3, 0.4) is 0 Å². The van der Waals surface area contributed by atoms with E-state index in [9.17, 15) is 0 Å². The maximum Gasteiger partial charge on any atom is 0.0629 e. The molecule has 0 saturated carbocycles.